The average molecular weight is 240 g/mol. The van der Waals surface area contributed by atoms with E-state index in [1.165, 1.54) is 14.2 Å². The van der Waals surface area contributed by atoms with Crippen LogP contribution >= 0.6 is 0 Å². The van der Waals surface area contributed by atoms with Crippen molar-refractivity contribution in [2.24, 2.45) is 0 Å². The summed E-state index contributed by atoms with van der Waals surface area (Å²) in [5.74, 6) is 0. The number of likely N-dealkylation sites (N-methyl/N-ethyl adjacent to an activating group) is 1. The summed E-state index contributed by atoms with van der Waals surface area (Å²) in [5.41, 5.74) is 0. The summed E-state index contributed by atoms with van der Waals surface area (Å²) in [7, 11) is -0.650. The van der Waals surface area contributed by atoms with Crippen molar-refractivity contribution >= 4 is 10.2 Å². The number of hydrogen-bond donors (Lipinski definition) is 2. The minimum atomic E-state index is -3.51. The van der Waals surface area contributed by atoms with Crippen LogP contribution in [-0.4, -0.2) is 57.3 Å². The van der Waals surface area contributed by atoms with E-state index in [1.54, 1.807) is 13.8 Å². The van der Waals surface area contributed by atoms with Crippen LogP contribution in [0.3, 0.4) is 0 Å². The van der Waals surface area contributed by atoms with Gasteiger partial charge in [0, 0.05) is 26.7 Å². The van der Waals surface area contributed by atoms with Crippen LogP contribution in [0.2, 0.25) is 0 Å². The van der Waals surface area contributed by atoms with Gasteiger partial charge in [0.25, 0.3) is 10.2 Å². The molecule has 1 unspecified atom stereocenters. The maximum absolute atomic E-state index is 11.5. The van der Waals surface area contributed by atoms with Crippen molar-refractivity contribution in [3.63, 3.8) is 0 Å². The second kappa shape index (κ2) is 6.39. The zero-order valence-electron chi connectivity index (χ0n) is 9.60. The second-order valence-electron chi connectivity index (χ2n) is 3.67. The zero-order chi connectivity index (χ0) is 12.1. The third-order valence-electron chi connectivity index (χ3n) is 1.62. The van der Waals surface area contributed by atoms with Crippen LogP contribution in [0, 0.1) is 0 Å². The van der Waals surface area contributed by atoms with E-state index in [4.69, 9.17) is 4.74 Å². The molecule has 0 heterocycles. The van der Waals surface area contributed by atoms with Crippen LogP contribution in [0.1, 0.15) is 13.8 Å². The number of nitrogens with one attached hydrogen (secondary N) is 1. The first-order valence-corrected chi connectivity index (χ1v) is 6.14. The molecule has 0 rings (SSSR count). The quantitative estimate of drug-likeness (QED) is 0.609. The van der Waals surface area contributed by atoms with Crippen molar-refractivity contribution in [1.82, 2.24) is 9.03 Å². The van der Waals surface area contributed by atoms with E-state index in [1.807, 2.05) is 0 Å². The van der Waals surface area contributed by atoms with Gasteiger partial charge in [-0.15, -0.1) is 0 Å². The van der Waals surface area contributed by atoms with E-state index in [0.717, 1.165) is 4.31 Å². The Bertz CT molecular complexity index is 266. The van der Waals surface area contributed by atoms with Crippen molar-refractivity contribution in [3.05, 3.63) is 0 Å². The Labute approximate surface area is 91.4 Å². The Hall–Kier alpha value is -0.210. The fourth-order valence-electron chi connectivity index (χ4n) is 1.03. The third kappa shape index (κ3) is 6.06. The summed E-state index contributed by atoms with van der Waals surface area (Å²) in [4.78, 5) is 0. The van der Waals surface area contributed by atoms with Crippen molar-refractivity contribution in [2.45, 2.75) is 26.0 Å². The van der Waals surface area contributed by atoms with Crippen LogP contribution in [-0.2, 0) is 14.9 Å². The van der Waals surface area contributed by atoms with Gasteiger partial charge >= 0.3 is 0 Å². The Kier molecular flexibility index (Phi) is 6.30. The van der Waals surface area contributed by atoms with Crippen molar-refractivity contribution in [1.29, 1.82) is 0 Å². The predicted octanol–water partition coefficient (Wildman–Crippen LogP) is -0.832. The monoisotopic (exact) mass is 240 g/mol. The lowest BCUT2D eigenvalue weighted by Crippen LogP contribution is -2.45. The van der Waals surface area contributed by atoms with E-state index >= 15 is 0 Å². The van der Waals surface area contributed by atoms with Gasteiger partial charge in [-0.1, -0.05) is 0 Å². The van der Waals surface area contributed by atoms with Gasteiger partial charge in [-0.05, 0) is 13.8 Å². The summed E-state index contributed by atoms with van der Waals surface area (Å²) in [6.45, 7) is 3.59. The Morgan fingerprint density at radius 3 is 2.40 bits per heavy atom. The molecule has 0 bridgehead atoms. The van der Waals surface area contributed by atoms with E-state index in [-0.39, 0.29) is 19.2 Å². The van der Waals surface area contributed by atoms with Gasteiger partial charge in [-0.3, -0.25) is 0 Å². The van der Waals surface area contributed by atoms with Gasteiger partial charge in [-0.25, -0.2) is 0 Å². The standard InChI is InChI=1S/C8H20N2O4S/c1-7(2)9-15(12,13)10(3)5-8(11)6-14-4/h7-9,11H,5-6H2,1-4H3. The molecule has 6 nitrogen and oxygen atoms in total. The molecule has 0 spiro atoms. The SMILES string of the molecule is COCC(O)CN(C)S(=O)(=O)NC(C)C. The number of aliphatic hydroxyl groups excluding tert-OH is 1. The summed E-state index contributed by atoms with van der Waals surface area (Å²) < 4.78 is 31.3. The fraction of sp³-hybridized carbons (Fsp3) is 1.00. The molecular weight excluding hydrogens is 220 g/mol. The van der Waals surface area contributed by atoms with Crippen molar-refractivity contribution in [3.8, 4) is 0 Å². The first-order chi connectivity index (χ1) is 6.79. The highest BCUT2D eigenvalue weighted by Gasteiger charge is 2.20. The summed E-state index contributed by atoms with van der Waals surface area (Å²) in [5, 5.41) is 9.36. The van der Waals surface area contributed by atoms with Crippen LogP contribution in [0.5, 0.6) is 0 Å². The van der Waals surface area contributed by atoms with Crippen molar-refractivity contribution < 1.29 is 18.3 Å². The average Bonchev–Trinajstić information content (AvgIpc) is 2.01. The Morgan fingerprint density at radius 2 is 2.00 bits per heavy atom. The van der Waals surface area contributed by atoms with E-state index < -0.39 is 16.3 Å². The van der Waals surface area contributed by atoms with Crippen LogP contribution in [0.15, 0.2) is 0 Å². The largest absolute Gasteiger partial charge is 0.389 e. The zero-order valence-corrected chi connectivity index (χ0v) is 10.4. The van der Waals surface area contributed by atoms with Crippen molar-refractivity contribution in [2.75, 3.05) is 27.3 Å². The molecule has 7 heteroatoms. The van der Waals surface area contributed by atoms with Gasteiger partial charge in [0.05, 0.1) is 12.7 Å². The lowest BCUT2D eigenvalue weighted by molar-refractivity contribution is 0.0552. The highest BCUT2D eigenvalue weighted by atomic mass is 32.2. The van der Waals surface area contributed by atoms with Crippen LogP contribution in [0.25, 0.3) is 0 Å². The molecule has 0 aliphatic rings. The van der Waals surface area contributed by atoms with Gasteiger partial charge in [0.1, 0.15) is 0 Å². The van der Waals surface area contributed by atoms with E-state index in [0.29, 0.717) is 0 Å². The summed E-state index contributed by atoms with van der Waals surface area (Å²) in [6.07, 6.45) is -0.816. The second-order valence-corrected chi connectivity index (χ2v) is 5.48. The maximum Gasteiger partial charge on any atom is 0.279 e. The molecule has 0 aromatic heterocycles. The van der Waals surface area contributed by atoms with Gasteiger partial charge in [0.15, 0.2) is 0 Å². The van der Waals surface area contributed by atoms with Crippen LogP contribution in [0.4, 0.5) is 0 Å². The Morgan fingerprint density at radius 1 is 1.47 bits per heavy atom. The molecule has 92 valence electrons. The molecule has 0 saturated heterocycles. The molecule has 1 atom stereocenters. The summed E-state index contributed by atoms with van der Waals surface area (Å²) in [6, 6.07) is -0.169. The molecule has 0 aromatic rings. The lowest BCUT2D eigenvalue weighted by Gasteiger charge is -2.21. The predicted molar refractivity (Wildman–Crippen MR) is 57.7 cm³/mol. The smallest absolute Gasteiger partial charge is 0.279 e. The molecule has 15 heavy (non-hydrogen) atoms. The number of aliphatic hydroxyl groups is 1. The van der Waals surface area contributed by atoms with E-state index in [2.05, 4.69) is 4.72 Å². The minimum absolute atomic E-state index is 0.00981. The minimum Gasteiger partial charge on any atom is -0.389 e. The van der Waals surface area contributed by atoms with Gasteiger partial charge in [-0.2, -0.15) is 17.4 Å². The number of hydrogen-bond acceptors (Lipinski definition) is 4. The molecular formula is C8H20N2O4S. The van der Waals surface area contributed by atoms with Gasteiger partial charge in [0.2, 0.25) is 0 Å². The lowest BCUT2D eigenvalue weighted by atomic mass is 10.4. The molecule has 2 N–H and O–H groups in total. The molecule has 0 radical (unpaired) electrons. The van der Waals surface area contributed by atoms with E-state index in [9.17, 15) is 13.5 Å². The molecule has 0 amide bonds. The highest BCUT2D eigenvalue weighted by molar-refractivity contribution is 7.87. The maximum atomic E-state index is 11.5. The van der Waals surface area contributed by atoms with Gasteiger partial charge < -0.3 is 9.84 Å². The Balaban J connectivity index is 4.25. The molecule has 0 aromatic carbocycles. The number of ether oxygens (including phenoxy) is 1. The third-order valence-corrected chi connectivity index (χ3v) is 3.36. The van der Waals surface area contributed by atoms with Crippen LogP contribution < -0.4 is 4.72 Å². The molecule has 0 aliphatic carbocycles. The summed E-state index contributed by atoms with van der Waals surface area (Å²) >= 11 is 0. The number of nitrogens with zero attached hydrogens (tertiary/aromatic N) is 1. The number of rotatable bonds is 7. The highest BCUT2D eigenvalue weighted by Crippen LogP contribution is 1.98. The number of methoxy groups -OCH3 is 1. The first kappa shape index (κ1) is 14.8. The molecule has 0 saturated carbocycles. The fourth-order valence-corrected chi connectivity index (χ4v) is 2.17. The first-order valence-electron chi connectivity index (χ1n) is 4.70. The normalized spacial score (nSPS) is 14.9. The molecule has 0 fully saturated rings. The topological polar surface area (TPSA) is 78.9 Å². The molecule has 0 aliphatic heterocycles.